The van der Waals surface area contributed by atoms with Crippen LogP contribution in [0.5, 0.6) is 5.75 Å². The number of alkyl halides is 3. The zero-order chi connectivity index (χ0) is 10.8. The Morgan fingerprint density at radius 3 is 2.40 bits per heavy atom. The Balaban J connectivity index is 0.00000196. The molecule has 0 aromatic heterocycles. The molecule has 0 unspecified atom stereocenters. The van der Waals surface area contributed by atoms with E-state index in [4.69, 9.17) is 10.5 Å². The summed E-state index contributed by atoms with van der Waals surface area (Å²) in [4.78, 5) is 0. The first-order chi connectivity index (χ1) is 6.45. The molecule has 0 fully saturated rings. The zero-order valence-corrected chi connectivity index (χ0v) is 8.73. The summed E-state index contributed by atoms with van der Waals surface area (Å²) in [7, 11) is 1.39. The van der Waals surface area contributed by atoms with Gasteiger partial charge >= 0.3 is 6.18 Å². The van der Waals surface area contributed by atoms with E-state index in [2.05, 4.69) is 0 Å². The highest BCUT2D eigenvalue weighted by Gasteiger charge is 2.37. The number of halogens is 4. The number of benzene rings is 1. The van der Waals surface area contributed by atoms with Crippen LogP contribution in [0.25, 0.3) is 0 Å². The van der Waals surface area contributed by atoms with Crippen LogP contribution in [0.2, 0.25) is 0 Å². The van der Waals surface area contributed by atoms with Gasteiger partial charge in [0.2, 0.25) is 0 Å². The second kappa shape index (κ2) is 5.23. The molecule has 2 nitrogen and oxygen atoms in total. The van der Waals surface area contributed by atoms with E-state index in [1.807, 2.05) is 0 Å². The smallest absolute Gasteiger partial charge is 0.407 e. The number of hydrogen-bond acceptors (Lipinski definition) is 2. The van der Waals surface area contributed by atoms with Crippen LogP contribution in [0, 0.1) is 0 Å². The van der Waals surface area contributed by atoms with Crippen molar-refractivity contribution in [2.45, 2.75) is 12.2 Å². The number of methoxy groups -OCH3 is 1. The molecule has 0 saturated heterocycles. The van der Waals surface area contributed by atoms with Gasteiger partial charge in [-0.25, -0.2) is 0 Å². The summed E-state index contributed by atoms with van der Waals surface area (Å²) in [5.41, 5.74) is 5.01. The fourth-order valence-electron chi connectivity index (χ4n) is 1.02. The van der Waals surface area contributed by atoms with E-state index >= 15 is 0 Å². The first-order valence-electron chi connectivity index (χ1n) is 3.91. The maximum atomic E-state index is 12.2. The van der Waals surface area contributed by atoms with Crippen molar-refractivity contribution >= 4 is 12.4 Å². The minimum atomic E-state index is -4.42. The van der Waals surface area contributed by atoms with Gasteiger partial charge in [-0.2, -0.15) is 13.2 Å². The molecule has 1 rings (SSSR count). The van der Waals surface area contributed by atoms with Crippen LogP contribution in [-0.4, -0.2) is 13.3 Å². The number of nitrogens with two attached hydrogens (primary N) is 1. The van der Waals surface area contributed by atoms with Crippen molar-refractivity contribution in [1.82, 2.24) is 0 Å². The van der Waals surface area contributed by atoms with E-state index < -0.39 is 12.2 Å². The highest BCUT2D eigenvalue weighted by Crippen LogP contribution is 2.31. The molecule has 1 atom stereocenters. The fraction of sp³-hybridized carbons (Fsp3) is 0.333. The number of rotatable bonds is 2. The van der Waals surface area contributed by atoms with Gasteiger partial charge in [-0.05, 0) is 17.7 Å². The first-order valence-corrected chi connectivity index (χ1v) is 3.91. The van der Waals surface area contributed by atoms with Crippen LogP contribution < -0.4 is 10.5 Å². The Morgan fingerprint density at radius 2 is 1.93 bits per heavy atom. The quantitative estimate of drug-likeness (QED) is 0.864. The average molecular weight is 242 g/mol. The zero-order valence-electron chi connectivity index (χ0n) is 7.91. The summed E-state index contributed by atoms with van der Waals surface area (Å²) in [6, 6.07) is 3.67. The molecule has 6 heteroatoms. The lowest BCUT2D eigenvalue weighted by Gasteiger charge is -2.16. The van der Waals surface area contributed by atoms with Gasteiger partial charge in [0.25, 0.3) is 0 Å². The molecular weight excluding hydrogens is 231 g/mol. The van der Waals surface area contributed by atoms with E-state index in [1.54, 1.807) is 6.07 Å². The van der Waals surface area contributed by atoms with E-state index in [-0.39, 0.29) is 18.0 Å². The molecule has 0 aliphatic carbocycles. The molecule has 15 heavy (non-hydrogen) atoms. The Bertz CT molecular complexity index is 316. The Hall–Kier alpha value is -0.940. The van der Waals surface area contributed by atoms with E-state index in [0.717, 1.165) is 0 Å². The van der Waals surface area contributed by atoms with Gasteiger partial charge in [-0.1, -0.05) is 12.1 Å². The second-order valence-corrected chi connectivity index (χ2v) is 2.80. The molecule has 1 aromatic rings. The Kier molecular flexibility index (Phi) is 4.90. The first kappa shape index (κ1) is 14.1. The summed E-state index contributed by atoms with van der Waals surface area (Å²) >= 11 is 0. The van der Waals surface area contributed by atoms with Crippen LogP contribution in [0.4, 0.5) is 13.2 Å². The van der Waals surface area contributed by atoms with Gasteiger partial charge in [0.1, 0.15) is 11.8 Å². The minimum Gasteiger partial charge on any atom is -0.497 e. The standard InChI is InChI=1S/C9H10F3NO.ClH/c1-14-7-4-2-3-6(5-7)8(13)9(10,11)12;/h2-5,8H,13H2,1H3;1H/t8-;/m1./s1. The van der Waals surface area contributed by atoms with Crippen LogP contribution in [-0.2, 0) is 0 Å². The second-order valence-electron chi connectivity index (χ2n) is 2.80. The Morgan fingerprint density at radius 1 is 1.33 bits per heavy atom. The topological polar surface area (TPSA) is 35.2 Å². The van der Waals surface area contributed by atoms with Gasteiger partial charge in [0, 0.05) is 0 Å². The van der Waals surface area contributed by atoms with Gasteiger partial charge in [-0.3, -0.25) is 0 Å². The molecular formula is C9H11ClF3NO. The lowest BCUT2D eigenvalue weighted by atomic mass is 10.1. The maximum Gasteiger partial charge on any atom is 0.407 e. The van der Waals surface area contributed by atoms with Crippen LogP contribution >= 0.6 is 12.4 Å². The van der Waals surface area contributed by atoms with E-state index in [9.17, 15) is 13.2 Å². The molecule has 1 aromatic carbocycles. The van der Waals surface area contributed by atoms with Crippen molar-refractivity contribution in [3.8, 4) is 5.75 Å². The SMILES string of the molecule is COc1cccc([C@@H](N)C(F)(F)F)c1.Cl. The molecule has 0 saturated carbocycles. The van der Waals surface area contributed by atoms with Crippen LogP contribution in [0.1, 0.15) is 11.6 Å². The molecule has 86 valence electrons. The molecule has 0 radical (unpaired) electrons. The van der Waals surface area contributed by atoms with E-state index in [1.165, 1.54) is 25.3 Å². The van der Waals surface area contributed by atoms with Crippen molar-refractivity contribution in [2.75, 3.05) is 7.11 Å². The number of hydrogen-bond donors (Lipinski definition) is 1. The van der Waals surface area contributed by atoms with Gasteiger partial charge < -0.3 is 10.5 Å². The largest absolute Gasteiger partial charge is 0.497 e. The maximum absolute atomic E-state index is 12.2. The Labute approximate surface area is 91.6 Å². The third-order valence-electron chi connectivity index (χ3n) is 1.81. The molecule has 0 amide bonds. The summed E-state index contributed by atoms with van der Waals surface area (Å²) in [6.45, 7) is 0. The average Bonchev–Trinajstić information content (AvgIpc) is 2.15. The van der Waals surface area contributed by atoms with Gasteiger partial charge in [0.05, 0.1) is 7.11 Å². The van der Waals surface area contributed by atoms with Gasteiger partial charge in [0.15, 0.2) is 0 Å². The summed E-state index contributed by atoms with van der Waals surface area (Å²) < 4.78 is 41.4. The van der Waals surface area contributed by atoms with Crippen LogP contribution in [0.3, 0.4) is 0 Å². The van der Waals surface area contributed by atoms with E-state index in [0.29, 0.717) is 5.75 Å². The monoisotopic (exact) mass is 241 g/mol. The molecule has 2 N–H and O–H groups in total. The lowest BCUT2D eigenvalue weighted by Crippen LogP contribution is -2.28. The van der Waals surface area contributed by atoms with Crippen molar-refractivity contribution < 1.29 is 17.9 Å². The summed E-state index contributed by atoms with van der Waals surface area (Å²) in [5, 5.41) is 0. The summed E-state index contributed by atoms with van der Waals surface area (Å²) in [5.74, 6) is 0.363. The predicted molar refractivity (Wildman–Crippen MR) is 53.2 cm³/mol. The lowest BCUT2D eigenvalue weighted by molar-refractivity contribution is -0.149. The number of ether oxygens (including phenoxy) is 1. The molecule has 0 heterocycles. The van der Waals surface area contributed by atoms with Crippen molar-refractivity contribution in [1.29, 1.82) is 0 Å². The van der Waals surface area contributed by atoms with Crippen molar-refractivity contribution in [2.24, 2.45) is 5.73 Å². The minimum absolute atomic E-state index is 0. The van der Waals surface area contributed by atoms with Crippen molar-refractivity contribution in [3.05, 3.63) is 29.8 Å². The highest BCUT2D eigenvalue weighted by molar-refractivity contribution is 5.85. The predicted octanol–water partition coefficient (Wildman–Crippen LogP) is 2.68. The highest BCUT2D eigenvalue weighted by atomic mass is 35.5. The molecule has 0 spiro atoms. The van der Waals surface area contributed by atoms with Crippen molar-refractivity contribution in [3.63, 3.8) is 0 Å². The fourth-order valence-corrected chi connectivity index (χ4v) is 1.02. The van der Waals surface area contributed by atoms with Gasteiger partial charge in [-0.15, -0.1) is 12.4 Å². The normalized spacial score (nSPS) is 12.9. The molecule has 0 bridgehead atoms. The molecule has 0 aliphatic heterocycles. The van der Waals surface area contributed by atoms with Crippen LogP contribution in [0.15, 0.2) is 24.3 Å². The third kappa shape index (κ3) is 3.60. The third-order valence-corrected chi connectivity index (χ3v) is 1.81. The molecule has 0 aliphatic rings. The summed E-state index contributed by atoms with van der Waals surface area (Å²) in [6.07, 6.45) is -4.42.